The molecule has 1 amide bonds. The number of ether oxygens (including phenoxy) is 1. The highest BCUT2D eigenvalue weighted by molar-refractivity contribution is 5.91. The van der Waals surface area contributed by atoms with Crippen molar-refractivity contribution in [2.75, 3.05) is 18.1 Å². The molecule has 34 heavy (non-hydrogen) atoms. The minimum Gasteiger partial charge on any atom is -0.493 e. The number of amides is 1. The summed E-state index contributed by atoms with van der Waals surface area (Å²) in [5, 5.41) is 12.7. The van der Waals surface area contributed by atoms with Crippen LogP contribution < -0.4 is 15.0 Å². The predicted molar refractivity (Wildman–Crippen MR) is 136 cm³/mol. The molecule has 3 rings (SSSR count). The number of piperidine rings is 1. The molecule has 0 aromatic heterocycles. The molecule has 6 nitrogen and oxygen atoms in total. The molecule has 2 aromatic rings. The van der Waals surface area contributed by atoms with Crippen molar-refractivity contribution in [3.63, 3.8) is 0 Å². The number of carbonyl (C=O) groups excluding carboxylic acids is 1. The highest BCUT2D eigenvalue weighted by atomic mass is 16.5. The fourth-order valence-electron chi connectivity index (χ4n) is 4.79. The van der Waals surface area contributed by atoms with E-state index in [4.69, 9.17) is 4.74 Å². The van der Waals surface area contributed by atoms with Gasteiger partial charge in [0, 0.05) is 18.3 Å². The molecule has 2 aromatic carbocycles. The van der Waals surface area contributed by atoms with Gasteiger partial charge in [0.05, 0.1) is 19.1 Å². The molecule has 0 spiro atoms. The van der Waals surface area contributed by atoms with Gasteiger partial charge in [0.15, 0.2) is 0 Å². The lowest BCUT2D eigenvalue weighted by Crippen LogP contribution is -2.39. The van der Waals surface area contributed by atoms with E-state index in [1.54, 1.807) is 12.1 Å². The summed E-state index contributed by atoms with van der Waals surface area (Å²) in [6, 6.07) is 13.7. The van der Waals surface area contributed by atoms with Gasteiger partial charge in [0.2, 0.25) is 5.91 Å². The number of aromatic carboxylic acids is 1. The average molecular weight is 467 g/mol. The van der Waals surface area contributed by atoms with E-state index in [1.807, 2.05) is 13.0 Å². The number of carboxylic acid groups (broad SMARTS) is 1. The summed E-state index contributed by atoms with van der Waals surface area (Å²) in [6.07, 6.45) is 4.64. The van der Waals surface area contributed by atoms with Gasteiger partial charge in [-0.1, -0.05) is 38.1 Å². The Morgan fingerprint density at radius 1 is 1.18 bits per heavy atom. The van der Waals surface area contributed by atoms with Crippen molar-refractivity contribution in [1.29, 1.82) is 0 Å². The first-order chi connectivity index (χ1) is 16.3. The zero-order chi connectivity index (χ0) is 24.7. The summed E-state index contributed by atoms with van der Waals surface area (Å²) >= 11 is 0. The van der Waals surface area contributed by atoms with Crippen molar-refractivity contribution >= 4 is 17.6 Å². The van der Waals surface area contributed by atoms with E-state index in [2.05, 4.69) is 49.2 Å². The first-order valence-corrected chi connectivity index (χ1v) is 12.4. The van der Waals surface area contributed by atoms with Gasteiger partial charge in [-0.15, -0.1) is 0 Å². The van der Waals surface area contributed by atoms with Crippen molar-refractivity contribution in [2.45, 2.75) is 71.9 Å². The number of anilines is 1. The molecule has 6 heteroatoms. The van der Waals surface area contributed by atoms with Crippen LogP contribution in [0.2, 0.25) is 0 Å². The standard InChI is InChI=1S/C28H38N2O4/c1-5-34-26-17-21(13-14-23(26)28(32)33)18-27(31)29-24(16-19(2)3)22-11-6-7-12-25(22)30-15-9-8-10-20(30)4/h6-7,11-14,17,19-20,24H,5,8-10,15-16,18H2,1-4H3,(H,29,31)(H,32,33)/t20?,24-/m0/s1. The third-order valence-corrected chi connectivity index (χ3v) is 6.41. The maximum Gasteiger partial charge on any atom is 0.339 e. The van der Waals surface area contributed by atoms with Gasteiger partial charge in [-0.3, -0.25) is 4.79 Å². The Kier molecular flexibility index (Phi) is 8.97. The maximum atomic E-state index is 13.1. The number of nitrogens with zero attached hydrogens (tertiary/aromatic N) is 1. The van der Waals surface area contributed by atoms with E-state index >= 15 is 0 Å². The Morgan fingerprint density at radius 2 is 1.94 bits per heavy atom. The second kappa shape index (κ2) is 11.9. The van der Waals surface area contributed by atoms with Crippen LogP contribution in [0.3, 0.4) is 0 Å². The summed E-state index contributed by atoms with van der Waals surface area (Å²) in [5.74, 6) is -0.419. The number of carboxylic acids is 1. The zero-order valence-electron chi connectivity index (χ0n) is 20.8. The summed E-state index contributed by atoms with van der Waals surface area (Å²) in [4.78, 5) is 27.1. The quantitative estimate of drug-likeness (QED) is 0.476. The van der Waals surface area contributed by atoms with Gasteiger partial charge in [0.1, 0.15) is 11.3 Å². The van der Waals surface area contributed by atoms with Crippen LogP contribution in [0, 0.1) is 5.92 Å². The first-order valence-electron chi connectivity index (χ1n) is 12.4. The van der Waals surface area contributed by atoms with Crippen molar-refractivity contribution in [1.82, 2.24) is 5.32 Å². The van der Waals surface area contributed by atoms with Gasteiger partial charge in [-0.2, -0.15) is 0 Å². The molecule has 1 fully saturated rings. The topological polar surface area (TPSA) is 78.9 Å². The fourth-order valence-corrected chi connectivity index (χ4v) is 4.79. The van der Waals surface area contributed by atoms with Crippen LogP contribution in [0.5, 0.6) is 5.75 Å². The van der Waals surface area contributed by atoms with Gasteiger partial charge in [-0.25, -0.2) is 4.79 Å². The Hall–Kier alpha value is -3.02. The van der Waals surface area contributed by atoms with Crippen molar-refractivity contribution in [2.24, 2.45) is 5.92 Å². The molecule has 0 bridgehead atoms. The first kappa shape index (κ1) is 25.6. The van der Waals surface area contributed by atoms with Crippen LogP contribution in [-0.2, 0) is 11.2 Å². The van der Waals surface area contributed by atoms with Gasteiger partial charge in [-0.05, 0) is 74.8 Å². The SMILES string of the molecule is CCOc1cc(CC(=O)N[C@@H](CC(C)C)c2ccccc2N2CCCCC2C)ccc1C(=O)O. The minimum absolute atomic E-state index is 0.0855. The van der Waals surface area contributed by atoms with E-state index in [0.717, 1.165) is 24.1 Å². The number of nitrogens with one attached hydrogen (secondary N) is 1. The Balaban J connectivity index is 1.82. The molecule has 0 radical (unpaired) electrons. The number of rotatable bonds is 10. The molecule has 1 aliphatic rings. The summed E-state index contributed by atoms with van der Waals surface area (Å²) < 4.78 is 5.50. The van der Waals surface area contributed by atoms with E-state index < -0.39 is 5.97 Å². The number of hydrogen-bond donors (Lipinski definition) is 2. The number of hydrogen-bond acceptors (Lipinski definition) is 4. The summed E-state index contributed by atoms with van der Waals surface area (Å²) in [5.41, 5.74) is 3.21. The van der Waals surface area contributed by atoms with Crippen molar-refractivity contribution in [3.05, 3.63) is 59.2 Å². The molecule has 1 aliphatic heterocycles. The zero-order valence-corrected chi connectivity index (χ0v) is 20.8. The molecule has 184 valence electrons. The molecule has 2 atom stereocenters. The number of para-hydroxylation sites is 1. The van der Waals surface area contributed by atoms with Crippen LogP contribution >= 0.6 is 0 Å². The van der Waals surface area contributed by atoms with Crippen LogP contribution in [-0.4, -0.2) is 36.2 Å². The highest BCUT2D eigenvalue weighted by Crippen LogP contribution is 2.34. The summed E-state index contributed by atoms with van der Waals surface area (Å²) in [7, 11) is 0. The monoisotopic (exact) mass is 466 g/mol. The van der Waals surface area contributed by atoms with E-state index in [-0.39, 0.29) is 23.9 Å². The second-order valence-corrected chi connectivity index (χ2v) is 9.59. The lowest BCUT2D eigenvalue weighted by molar-refractivity contribution is -0.121. The molecular formula is C28H38N2O4. The largest absolute Gasteiger partial charge is 0.493 e. The Labute approximate surface area is 203 Å². The van der Waals surface area contributed by atoms with E-state index in [0.29, 0.717) is 24.3 Å². The third-order valence-electron chi connectivity index (χ3n) is 6.41. The average Bonchev–Trinajstić information content (AvgIpc) is 2.79. The molecule has 1 unspecified atom stereocenters. The van der Waals surface area contributed by atoms with Crippen molar-refractivity contribution in [3.8, 4) is 5.75 Å². The maximum absolute atomic E-state index is 13.1. The van der Waals surface area contributed by atoms with Crippen molar-refractivity contribution < 1.29 is 19.4 Å². The Bertz CT molecular complexity index is 988. The number of benzene rings is 2. The third kappa shape index (κ3) is 6.52. The molecule has 2 N–H and O–H groups in total. The van der Waals surface area contributed by atoms with Gasteiger partial charge in [0.25, 0.3) is 0 Å². The fraction of sp³-hybridized carbons (Fsp3) is 0.500. The van der Waals surface area contributed by atoms with Crippen LogP contribution in [0.4, 0.5) is 5.69 Å². The molecule has 0 aliphatic carbocycles. The number of carbonyl (C=O) groups is 2. The highest BCUT2D eigenvalue weighted by Gasteiger charge is 2.25. The van der Waals surface area contributed by atoms with E-state index in [9.17, 15) is 14.7 Å². The molecule has 0 saturated carbocycles. The molecule has 1 heterocycles. The lowest BCUT2D eigenvalue weighted by atomic mass is 9.93. The molecule has 1 saturated heterocycles. The van der Waals surface area contributed by atoms with Crippen LogP contribution in [0.25, 0.3) is 0 Å². The van der Waals surface area contributed by atoms with E-state index in [1.165, 1.54) is 31.0 Å². The normalized spacial score (nSPS) is 16.9. The second-order valence-electron chi connectivity index (χ2n) is 9.59. The molecular weight excluding hydrogens is 428 g/mol. The smallest absolute Gasteiger partial charge is 0.339 e. The predicted octanol–water partition coefficient (Wildman–Crippen LogP) is 5.61. The van der Waals surface area contributed by atoms with Crippen LogP contribution in [0.15, 0.2) is 42.5 Å². The minimum atomic E-state index is -1.04. The van der Waals surface area contributed by atoms with Gasteiger partial charge < -0.3 is 20.1 Å². The van der Waals surface area contributed by atoms with Gasteiger partial charge >= 0.3 is 5.97 Å². The Morgan fingerprint density at radius 3 is 2.62 bits per heavy atom. The lowest BCUT2D eigenvalue weighted by Gasteiger charge is -2.38. The van der Waals surface area contributed by atoms with Crippen LogP contribution in [0.1, 0.15) is 80.9 Å². The summed E-state index contributed by atoms with van der Waals surface area (Å²) in [6.45, 7) is 9.83.